The molecule has 0 spiro atoms. The van der Waals surface area contributed by atoms with Gasteiger partial charge in [0.05, 0.1) is 0 Å². The predicted octanol–water partition coefficient (Wildman–Crippen LogP) is 2.14. The van der Waals surface area contributed by atoms with Gasteiger partial charge in [-0.2, -0.15) is 0 Å². The standard InChI is InChI=1S/C14H14N4/c1-15-8-11-9-17-14(18-7-6-16-10-18)13-5-3-2-4-12(11)13/h2-7,9-10,15H,8H2,1H3. The summed E-state index contributed by atoms with van der Waals surface area (Å²) in [7, 11) is 1.94. The van der Waals surface area contributed by atoms with Crippen molar-refractivity contribution in [3.05, 3.63) is 54.7 Å². The van der Waals surface area contributed by atoms with Gasteiger partial charge < -0.3 is 5.32 Å². The molecule has 1 N–H and O–H groups in total. The molecule has 0 unspecified atom stereocenters. The van der Waals surface area contributed by atoms with Crippen LogP contribution in [-0.4, -0.2) is 21.6 Å². The van der Waals surface area contributed by atoms with E-state index in [1.807, 2.05) is 30.1 Å². The fourth-order valence-electron chi connectivity index (χ4n) is 2.16. The van der Waals surface area contributed by atoms with Crippen molar-refractivity contribution in [3.63, 3.8) is 0 Å². The maximum Gasteiger partial charge on any atom is 0.145 e. The molecule has 0 aliphatic carbocycles. The lowest BCUT2D eigenvalue weighted by Gasteiger charge is -2.10. The summed E-state index contributed by atoms with van der Waals surface area (Å²) in [5.41, 5.74) is 1.21. The summed E-state index contributed by atoms with van der Waals surface area (Å²) in [5.74, 6) is 0.919. The molecule has 0 bridgehead atoms. The first kappa shape index (κ1) is 10.9. The van der Waals surface area contributed by atoms with Crippen molar-refractivity contribution >= 4 is 10.8 Å². The summed E-state index contributed by atoms with van der Waals surface area (Å²) in [4.78, 5) is 8.63. The van der Waals surface area contributed by atoms with Crippen molar-refractivity contribution in [3.8, 4) is 5.82 Å². The number of nitrogens with zero attached hydrogens (tertiary/aromatic N) is 3. The molecular weight excluding hydrogens is 224 g/mol. The molecule has 0 atom stereocenters. The van der Waals surface area contributed by atoms with Crippen LogP contribution in [0.25, 0.3) is 16.6 Å². The lowest BCUT2D eigenvalue weighted by atomic mass is 10.1. The Morgan fingerprint density at radius 1 is 1.22 bits per heavy atom. The van der Waals surface area contributed by atoms with Gasteiger partial charge in [0.1, 0.15) is 12.1 Å². The molecule has 4 heteroatoms. The zero-order valence-corrected chi connectivity index (χ0v) is 10.2. The molecule has 90 valence electrons. The van der Waals surface area contributed by atoms with Gasteiger partial charge in [-0.3, -0.25) is 4.57 Å². The highest BCUT2D eigenvalue weighted by Gasteiger charge is 2.07. The fraction of sp³-hybridized carbons (Fsp3) is 0.143. The third-order valence-electron chi connectivity index (χ3n) is 2.97. The van der Waals surface area contributed by atoms with E-state index in [0.29, 0.717) is 0 Å². The number of nitrogens with one attached hydrogen (secondary N) is 1. The highest BCUT2D eigenvalue weighted by molar-refractivity contribution is 5.90. The van der Waals surface area contributed by atoms with Crippen molar-refractivity contribution < 1.29 is 0 Å². The van der Waals surface area contributed by atoms with Crippen LogP contribution < -0.4 is 5.32 Å². The summed E-state index contributed by atoms with van der Waals surface area (Å²) in [6.07, 6.45) is 7.37. The smallest absolute Gasteiger partial charge is 0.145 e. The van der Waals surface area contributed by atoms with Gasteiger partial charge >= 0.3 is 0 Å². The molecule has 3 aromatic rings. The van der Waals surface area contributed by atoms with Gasteiger partial charge in [-0.05, 0) is 18.0 Å². The van der Waals surface area contributed by atoms with Gasteiger partial charge in [0, 0.05) is 30.5 Å². The molecule has 2 heterocycles. The second-order valence-corrected chi connectivity index (χ2v) is 4.15. The van der Waals surface area contributed by atoms with E-state index in [4.69, 9.17) is 0 Å². The first-order valence-corrected chi connectivity index (χ1v) is 5.89. The Morgan fingerprint density at radius 3 is 2.78 bits per heavy atom. The summed E-state index contributed by atoms with van der Waals surface area (Å²) in [5, 5.41) is 5.54. The summed E-state index contributed by atoms with van der Waals surface area (Å²) >= 11 is 0. The Bertz CT molecular complexity index is 659. The van der Waals surface area contributed by atoms with Crippen LogP contribution in [0.15, 0.2) is 49.2 Å². The molecule has 1 aromatic carbocycles. The van der Waals surface area contributed by atoms with E-state index in [-0.39, 0.29) is 0 Å². The maximum atomic E-state index is 4.55. The lowest BCUT2D eigenvalue weighted by molar-refractivity contribution is 0.818. The highest BCUT2D eigenvalue weighted by Crippen LogP contribution is 2.23. The Morgan fingerprint density at radius 2 is 2.06 bits per heavy atom. The first-order chi connectivity index (χ1) is 8.90. The molecule has 0 saturated heterocycles. The number of imidazole rings is 1. The van der Waals surface area contributed by atoms with Crippen LogP contribution >= 0.6 is 0 Å². The fourth-order valence-corrected chi connectivity index (χ4v) is 2.16. The van der Waals surface area contributed by atoms with Gasteiger partial charge in [-0.15, -0.1) is 0 Å². The second kappa shape index (κ2) is 4.58. The van der Waals surface area contributed by atoms with Crippen LogP contribution in [-0.2, 0) is 6.54 Å². The number of benzene rings is 1. The largest absolute Gasteiger partial charge is 0.316 e. The molecule has 0 aliphatic heterocycles. The zero-order valence-electron chi connectivity index (χ0n) is 10.2. The van der Waals surface area contributed by atoms with E-state index in [2.05, 4.69) is 33.5 Å². The van der Waals surface area contributed by atoms with E-state index in [9.17, 15) is 0 Å². The number of fused-ring (bicyclic) bond motifs is 1. The molecule has 18 heavy (non-hydrogen) atoms. The highest BCUT2D eigenvalue weighted by atomic mass is 15.1. The SMILES string of the molecule is CNCc1cnc(-n2ccnc2)c2ccccc12. The van der Waals surface area contributed by atoms with Gasteiger partial charge in [0.2, 0.25) is 0 Å². The summed E-state index contributed by atoms with van der Waals surface area (Å²) in [6.45, 7) is 0.817. The lowest BCUT2D eigenvalue weighted by Crippen LogP contribution is -2.07. The van der Waals surface area contributed by atoms with Gasteiger partial charge in [0.15, 0.2) is 0 Å². The van der Waals surface area contributed by atoms with Crippen LogP contribution in [0.3, 0.4) is 0 Å². The number of hydrogen-bond acceptors (Lipinski definition) is 3. The number of hydrogen-bond donors (Lipinski definition) is 1. The van der Waals surface area contributed by atoms with Gasteiger partial charge in [0.25, 0.3) is 0 Å². The summed E-state index contributed by atoms with van der Waals surface area (Å²) in [6, 6.07) is 8.31. The monoisotopic (exact) mass is 238 g/mol. The van der Waals surface area contributed by atoms with Gasteiger partial charge in [-0.1, -0.05) is 24.3 Å². The third-order valence-corrected chi connectivity index (χ3v) is 2.97. The topological polar surface area (TPSA) is 42.7 Å². The maximum absolute atomic E-state index is 4.55. The number of pyridine rings is 1. The molecule has 4 nitrogen and oxygen atoms in total. The third kappa shape index (κ3) is 1.76. The molecule has 0 fully saturated rings. The molecular formula is C14H14N4. The Balaban J connectivity index is 2.26. The summed E-state index contributed by atoms with van der Waals surface area (Å²) < 4.78 is 1.94. The van der Waals surface area contributed by atoms with Crippen LogP contribution in [0.1, 0.15) is 5.56 Å². The van der Waals surface area contributed by atoms with Crippen LogP contribution in [0.5, 0.6) is 0 Å². The first-order valence-electron chi connectivity index (χ1n) is 5.89. The van der Waals surface area contributed by atoms with Crippen LogP contribution in [0, 0.1) is 0 Å². The molecule has 0 saturated carbocycles. The number of aromatic nitrogens is 3. The normalized spacial score (nSPS) is 10.9. The molecule has 0 aliphatic rings. The minimum atomic E-state index is 0.817. The average molecular weight is 238 g/mol. The molecule has 2 aromatic heterocycles. The van der Waals surface area contributed by atoms with E-state index in [1.54, 1.807) is 12.5 Å². The van der Waals surface area contributed by atoms with E-state index in [0.717, 1.165) is 17.7 Å². The van der Waals surface area contributed by atoms with Crippen molar-refractivity contribution in [2.45, 2.75) is 6.54 Å². The van der Waals surface area contributed by atoms with Crippen LogP contribution in [0.4, 0.5) is 0 Å². The quantitative estimate of drug-likeness (QED) is 0.760. The van der Waals surface area contributed by atoms with Crippen molar-refractivity contribution in [2.75, 3.05) is 7.05 Å². The van der Waals surface area contributed by atoms with Crippen LogP contribution in [0.2, 0.25) is 0 Å². The van der Waals surface area contributed by atoms with E-state index < -0.39 is 0 Å². The van der Waals surface area contributed by atoms with E-state index >= 15 is 0 Å². The van der Waals surface area contributed by atoms with Gasteiger partial charge in [-0.25, -0.2) is 9.97 Å². The van der Waals surface area contributed by atoms with Crippen molar-refractivity contribution in [2.24, 2.45) is 0 Å². The Kier molecular flexibility index (Phi) is 2.78. The number of rotatable bonds is 3. The zero-order chi connectivity index (χ0) is 12.4. The minimum Gasteiger partial charge on any atom is -0.316 e. The Hall–Kier alpha value is -2.20. The second-order valence-electron chi connectivity index (χ2n) is 4.15. The van der Waals surface area contributed by atoms with Crippen molar-refractivity contribution in [1.82, 2.24) is 19.9 Å². The Labute approximate surface area is 105 Å². The average Bonchev–Trinajstić information content (AvgIpc) is 2.93. The van der Waals surface area contributed by atoms with Crippen molar-refractivity contribution in [1.29, 1.82) is 0 Å². The predicted molar refractivity (Wildman–Crippen MR) is 71.6 cm³/mol. The molecule has 3 rings (SSSR count). The van der Waals surface area contributed by atoms with E-state index in [1.165, 1.54) is 10.9 Å². The minimum absolute atomic E-state index is 0.817. The molecule has 0 amide bonds. The molecule has 0 radical (unpaired) electrons.